The maximum atomic E-state index is 12.4. The second-order valence-corrected chi connectivity index (χ2v) is 5.32. The molecule has 2 aromatic heterocycles. The van der Waals surface area contributed by atoms with E-state index in [1.807, 2.05) is 23.7 Å². The van der Waals surface area contributed by atoms with Crippen molar-refractivity contribution in [3.8, 4) is 11.3 Å². The molecule has 100 valence electrons. The number of nitrogens with one attached hydrogen (secondary N) is 1. The fourth-order valence-electron chi connectivity index (χ4n) is 2.93. The van der Waals surface area contributed by atoms with Gasteiger partial charge in [0.25, 0.3) is 5.56 Å². The Morgan fingerprint density at radius 2 is 2.11 bits per heavy atom. The zero-order chi connectivity index (χ0) is 13.2. The molecular formula is C15H19N3O. The van der Waals surface area contributed by atoms with Crippen molar-refractivity contribution in [1.29, 1.82) is 0 Å². The number of hydrogen-bond donors (Lipinski definition) is 1. The zero-order valence-corrected chi connectivity index (χ0v) is 11.2. The van der Waals surface area contributed by atoms with E-state index in [0.717, 1.165) is 29.7 Å². The SMILES string of the molecule is Cc1c(-c2cccnc2)[nH]n(C2CCCCC2)c1=O. The summed E-state index contributed by atoms with van der Waals surface area (Å²) in [6, 6.07) is 4.21. The smallest absolute Gasteiger partial charge is 0.270 e. The van der Waals surface area contributed by atoms with Gasteiger partial charge >= 0.3 is 0 Å². The number of aromatic nitrogens is 3. The molecule has 3 rings (SSSR count). The maximum absolute atomic E-state index is 12.4. The Morgan fingerprint density at radius 3 is 2.79 bits per heavy atom. The molecule has 1 aliphatic rings. The molecule has 0 radical (unpaired) electrons. The summed E-state index contributed by atoms with van der Waals surface area (Å²) in [6.45, 7) is 1.89. The van der Waals surface area contributed by atoms with E-state index in [-0.39, 0.29) is 5.56 Å². The van der Waals surface area contributed by atoms with Gasteiger partial charge in [-0.15, -0.1) is 0 Å². The van der Waals surface area contributed by atoms with Gasteiger partial charge in [0.05, 0.1) is 11.7 Å². The van der Waals surface area contributed by atoms with Gasteiger partial charge in [0.2, 0.25) is 0 Å². The molecule has 2 aromatic rings. The Morgan fingerprint density at radius 1 is 1.32 bits per heavy atom. The quantitative estimate of drug-likeness (QED) is 0.899. The lowest BCUT2D eigenvalue weighted by molar-refractivity contribution is 0.323. The number of pyridine rings is 1. The lowest BCUT2D eigenvalue weighted by Crippen LogP contribution is -2.25. The van der Waals surface area contributed by atoms with Crippen LogP contribution in [-0.4, -0.2) is 14.8 Å². The predicted molar refractivity (Wildman–Crippen MR) is 75.1 cm³/mol. The number of rotatable bonds is 2. The third-order valence-corrected chi connectivity index (χ3v) is 4.04. The van der Waals surface area contributed by atoms with Gasteiger partial charge in [-0.3, -0.25) is 14.9 Å². The molecule has 0 aromatic carbocycles. The third kappa shape index (κ3) is 2.23. The van der Waals surface area contributed by atoms with Crippen molar-refractivity contribution in [2.24, 2.45) is 0 Å². The summed E-state index contributed by atoms with van der Waals surface area (Å²) in [6.07, 6.45) is 9.48. The molecule has 0 saturated heterocycles. The standard InChI is InChI=1S/C15H19N3O/c1-11-14(12-6-5-9-16-10-12)17-18(15(11)19)13-7-3-2-4-8-13/h5-6,9-10,13,17H,2-4,7-8H2,1H3. The first kappa shape index (κ1) is 12.2. The second kappa shape index (κ2) is 5.03. The van der Waals surface area contributed by atoms with Gasteiger partial charge in [0.1, 0.15) is 0 Å². The van der Waals surface area contributed by atoms with Gasteiger partial charge in [-0.25, -0.2) is 4.68 Å². The maximum Gasteiger partial charge on any atom is 0.270 e. The van der Waals surface area contributed by atoms with Crippen molar-refractivity contribution in [2.75, 3.05) is 0 Å². The lowest BCUT2D eigenvalue weighted by Gasteiger charge is -2.21. The molecule has 1 N–H and O–H groups in total. The molecule has 1 fully saturated rings. The molecule has 4 nitrogen and oxygen atoms in total. The first-order valence-corrected chi connectivity index (χ1v) is 6.99. The Balaban J connectivity index is 2.02. The van der Waals surface area contributed by atoms with Crippen molar-refractivity contribution < 1.29 is 0 Å². The molecular weight excluding hydrogens is 238 g/mol. The van der Waals surface area contributed by atoms with Crippen molar-refractivity contribution >= 4 is 0 Å². The largest absolute Gasteiger partial charge is 0.294 e. The van der Waals surface area contributed by atoms with Gasteiger partial charge in [-0.1, -0.05) is 19.3 Å². The van der Waals surface area contributed by atoms with E-state index >= 15 is 0 Å². The summed E-state index contributed by atoms with van der Waals surface area (Å²) < 4.78 is 1.83. The van der Waals surface area contributed by atoms with Crippen LogP contribution in [0, 0.1) is 6.92 Å². The fourth-order valence-corrected chi connectivity index (χ4v) is 2.93. The second-order valence-electron chi connectivity index (χ2n) is 5.32. The highest BCUT2D eigenvalue weighted by Gasteiger charge is 2.20. The van der Waals surface area contributed by atoms with Crippen LogP contribution in [0.25, 0.3) is 11.3 Å². The molecule has 0 aliphatic heterocycles. The summed E-state index contributed by atoms with van der Waals surface area (Å²) in [4.78, 5) is 16.5. The minimum atomic E-state index is 0.116. The molecule has 0 unspecified atom stereocenters. The highest BCUT2D eigenvalue weighted by molar-refractivity contribution is 5.60. The molecule has 0 spiro atoms. The van der Waals surface area contributed by atoms with Crippen LogP contribution in [0.5, 0.6) is 0 Å². The minimum absolute atomic E-state index is 0.116. The van der Waals surface area contributed by atoms with Crippen LogP contribution in [0.15, 0.2) is 29.3 Å². The zero-order valence-electron chi connectivity index (χ0n) is 11.2. The van der Waals surface area contributed by atoms with Crippen LogP contribution >= 0.6 is 0 Å². The average Bonchev–Trinajstić information content (AvgIpc) is 2.77. The van der Waals surface area contributed by atoms with E-state index in [2.05, 4.69) is 10.1 Å². The first-order chi connectivity index (χ1) is 9.27. The van der Waals surface area contributed by atoms with Crippen LogP contribution in [-0.2, 0) is 0 Å². The van der Waals surface area contributed by atoms with Crippen molar-refractivity contribution in [2.45, 2.75) is 45.1 Å². The molecule has 1 saturated carbocycles. The molecule has 19 heavy (non-hydrogen) atoms. The highest BCUT2D eigenvalue weighted by atomic mass is 16.1. The van der Waals surface area contributed by atoms with Gasteiger partial charge in [0, 0.05) is 23.5 Å². The van der Waals surface area contributed by atoms with Crippen LogP contribution in [0.3, 0.4) is 0 Å². The summed E-state index contributed by atoms with van der Waals surface area (Å²) in [7, 11) is 0. The monoisotopic (exact) mass is 257 g/mol. The number of hydrogen-bond acceptors (Lipinski definition) is 2. The van der Waals surface area contributed by atoms with E-state index in [4.69, 9.17) is 0 Å². The van der Waals surface area contributed by atoms with Crippen LogP contribution in [0.1, 0.15) is 43.7 Å². The Labute approximate surface area is 112 Å². The fraction of sp³-hybridized carbons (Fsp3) is 0.467. The summed E-state index contributed by atoms with van der Waals surface area (Å²) >= 11 is 0. The summed E-state index contributed by atoms with van der Waals surface area (Å²) in [5, 5.41) is 3.30. The topological polar surface area (TPSA) is 50.7 Å². The molecule has 0 atom stereocenters. The Hall–Kier alpha value is -1.84. The number of nitrogens with zero attached hydrogens (tertiary/aromatic N) is 2. The third-order valence-electron chi connectivity index (χ3n) is 4.04. The summed E-state index contributed by atoms with van der Waals surface area (Å²) in [5.74, 6) is 0. The molecule has 0 amide bonds. The van der Waals surface area contributed by atoms with E-state index < -0.39 is 0 Å². The first-order valence-electron chi connectivity index (χ1n) is 6.99. The average molecular weight is 257 g/mol. The van der Waals surface area contributed by atoms with Crippen molar-refractivity contribution in [3.05, 3.63) is 40.4 Å². The van der Waals surface area contributed by atoms with Gasteiger partial charge in [0.15, 0.2) is 0 Å². The predicted octanol–water partition coefficient (Wildman–Crippen LogP) is 3.05. The Kier molecular flexibility index (Phi) is 3.23. The van der Waals surface area contributed by atoms with Crippen molar-refractivity contribution in [1.82, 2.24) is 14.8 Å². The van der Waals surface area contributed by atoms with E-state index in [1.165, 1.54) is 19.3 Å². The minimum Gasteiger partial charge on any atom is -0.294 e. The molecule has 0 bridgehead atoms. The lowest BCUT2D eigenvalue weighted by atomic mass is 9.96. The van der Waals surface area contributed by atoms with E-state index in [1.54, 1.807) is 12.4 Å². The number of H-pyrrole nitrogens is 1. The van der Waals surface area contributed by atoms with Crippen LogP contribution < -0.4 is 5.56 Å². The van der Waals surface area contributed by atoms with Gasteiger partial charge < -0.3 is 0 Å². The van der Waals surface area contributed by atoms with Gasteiger partial charge in [-0.2, -0.15) is 0 Å². The highest BCUT2D eigenvalue weighted by Crippen LogP contribution is 2.28. The molecule has 2 heterocycles. The molecule has 1 aliphatic carbocycles. The number of aromatic amines is 1. The Bertz CT molecular complexity index is 606. The van der Waals surface area contributed by atoms with Crippen molar-refractivity contribution in [3.63, 3.8) is 0 Å². The van der Waals surface area contributed by atoms with Crippen LogP contribution in [0.4, 0.5) is 0 Å². The summed E-state index contributed by atoms with van der Waals surface area (Å²) in [5.41, 5.74) is 2.79. The van der Waals surface area contributed by atoms with Crippen LogP contribution in [0.2, 0.25) is 0 Å². The normalized spacial score (nSPS) is 16.7. The van der Waals surface area contributed by atoms with E-state index in [0.29, 0.717) is 6.04 Å². The van der Waals surface area contributed by atoms with E-state index in [9.17, 15) is 4.79 Å². The van der Waals surface area contributed by atoms with Gasteiger partial charge in [-0.05, 0) is 31.9 Å². The molecule has 4 heteroatoms.